The highest BCUT2D eigenvalue weighted by molar-refractivity contribution is 6.35. The molecular weight excluding hydrogens is 393 g/mol. The number of amides is 1. The molecule has 3 atom stereocenters. The largest absolute Gasteiger partial charge is 0.388 e. The predicted molar refractivity (Wildman–Crippen MR) is 113 cm³/mol. The number of rotatable bonds is 4. The lowest BCUT2D eigenvalue weighted by molar-refractivity contribution is -0.0109. The van der Waals surface area contributed by atoms with Crippen molar-refractivity contribution in [2.45, 2.75) is 50.8 Å². The number of nitrogens with zero attached hydrogens (tertiary/aromatic N) is 2. The minimum absolute atomic E-state index is 0.208. The smallest absolute Gasteiger partial charge is 0.253 e. The van der Waals surface area contributed by atoms with Crippen LogP contribution in [0, 0.1) is 5.92 Å². The maximum Gasteiger partial charge on any atom is 0.253 e. The summed E-state index contributed by atoms with van der Waals surface area (Å²) in [6, 6.07) is 7.07. The van der Waals surface area contributed by atoms with Crippen LogP contribution in [0.1, 0.15) is 49.4 Å². The quantitative estimate of drug-likeness (QED) is 0.782. The molecule has 1 aromatic carbocycles. The second-order valence-corrected chi connectivity index (χ2v) is 9.01. The SMILES string of the molecule is C[C@@H]1CCC[C@](O)(CNC(=O)c2c(Cl)ccc3nc(N4CC[C@H](F)C4)ccc23)C1. The minimum Gasteiger partial charge on any atom is -0.388 e. The third-order valence-electron chi connectivity index (χ3n) is 6.13. The van der Waals surface area contributed by atoms with Crippen LogP contribution >= 0.6 is 11.6 Å². The van der Waals surface area contributed by atoms with Crippen molar-refractivity contribution in [2.75, 3.05) is 24.5 Å². The molecule has 7 heteroatoms. The first kappa shape index (κ1) is 20.4. The monoisotopic (exact) mass is 419 g/mol. The predicted octanol–water partition coefficient (Wildman–Crippen LogP) is 4.11. The van der Waals surface area contributed by atoms with E-state index in [1.165, 1.54) is 0 Å². The van der Waals surface area contributed by atoms with E-state index in [-0.39, 0.29) is 12.5 Å². The summed E-state index contributed by atoms with van der Waals surface area (Å²) in [7, 11) is 0. The molecule has 0 unspecified atom stereocenters. The van der Waals surface area contributed by atoms with Crippen LogP contribution in [-0.2, 0) is 0 Å². The van der Waals surface area contributed by atoms with Crippen molar-refractivity contribution in [3.63, 3.8) is 0 Å². The van der Waals surface area contributed by atoms with E-state index in [4.69, 9.17) is 11.6 Å². The molecule has 2 aliphatic rings. The highest BCUT2D eigenvalue weighted by Gasteiger charge is 2.33. The number of hydrogen-bond acceptors (Lipinski definition) is 4. The summed E-state index contributed by atoms with van der Waals surface area (Å²) in [5, 5.41) is 14.7. The molecule has 0 spiro atoms. The van der Waals surface area contributed by atoms with Gasteiger partial charge in [-0.2, -0.15) is 0 Å². The van der Waals surface area contributed by atoms with Crippen molar-refractivity contribution < 1.29 is 14.3 Å². The van der Waals surface area contributed by atoms with E-state index in [0.717, 1.165) is 12.8 Å². The molecule has 2 aromatic rings. The van der Waals surface area contributed by atoms with Gasteiger partial charge in [0.25, 0.3) is 5.91 Å². The number of nitrogens with one attached hydrogen (secondary N) is 1. The van der Waals surface area contributed by atoms with E-state index in [1.54, 1.807) is 12.1 Å². The molecule has 29 heavy (non-hydrogen) atoms. The molecule has 0 bridgehead atoms. The standard InChI is InChI=1S/C22H27ClFN3O2/c1-14-3-2-9-22(29,11-14)13-25-21(28)20-16-4-7-19(27-10-8-15(24)12-27)26-18(16)6-5-17(20)23/h4-7,14-15,29H,2-3,8-13H2,1H3,(H,25,28)/t14-,15+,22-/m1/s1. The lowest BCUT2D eigenvalue weighted by Gasteiger charge is -2.35. The number of aromatic nitrogens is 1. The van der Waals surface area contributed by atoms with Crippen molar-refractivity contribution in [2.24, 2.45) is 5.92 Å². The van der Waals surface area contributed by atoms with E-state index in [0.29, 0.717) is 65.6 Å². The summed E-state index contributed by atoms with van der Waals surface area (Å²) in [4.78, 5) is 19.5. The van der Waals surface area contributed by atoms with Crippen molar-refractivity contribution in [1.82, 2.24) is 10.3 Å². The number of alkyl halides is 1. The molecule has 0 radical (unpaired) electrons. The maximum atomic E-state index is 13.5. The molecule has 2 N–H and O–H groups in total. The number of anilines is 1. The van der Waals surface area contributed by atoms with Crippen LogP contribution in [0.2, 0.25) is 5.02 Å². The van der Waals surface area contributed by atoms with Crippen LogP contribution in [0.15, 0.2) is 24.3 Å². The molecule has 156 valence electrons. The Labute approximate surface area is 175 Å². The third-order valence-corrected chi connectivity index (χ3v) is 6.45. The molecule has 2 heterocycles. The number of hydrogen-bond donors (Lipinski definition) is 2. The number of benzene rings is 1. The van der Waals surface area contributed by atoms with E-state index in [9.17, 15) is 14.3 Å². The maximum absolute atomic E-state index is 13.5. The Morgan fingerprint density at radius 2 is 2.21 bits per heavy atom. The van der Waals surface area contributed by atoms with Gasteiger partial charge in [-0.1, -0.05) is 31.4 Å². The fourth-order valence-corrected chi connectivity index (χ4v) is 4.88. The fourth-order valence-electron chi connectivity index (χ4n) is 4.63. The van der Waals surface area contributed by atoms with Gasteiger partial charge in [-0.05, 0) is 49.4 Å². The van der Waals surface area contributed by atoms with Crippen LogP contribution in [0.5, 0.6) is 0 Å². The summed E-state index contributed by atoms with van der Waals surface area (Å²) in [5.74, 6) is 0.840. The first-order valence-corrected chi connectivity index (χ1v) is 10.7. The van der Waals surface area contributed by atoms with Crippen LogP contribution in [0.3, 0.4) is 0 Å². The topological polar surface area (TPSA) is 65.5 Å². The van der Waals surface area contributed by atoms with Gasteiger partial charge in [0.1, 0.15) is 12.0 Å². The van der Waals surface area contributed by atoms with Crippen LogP contribution in [0.4, 0.5) is 10.2 Å². The summed E-state index contributed by atoms with van der Waals surface area (Å²) in [5.41, 5.74) is 0.138. The number of aliphatic hydroxyl groups is 1. The zero-order chi connectivity index (χ0) is 20.6. The first-order chi connectivity index (χ1) is 13.8. The average Bonchev–Trinajstić information content (AvgIpc) is 3.12. The van der Waals surface area contributed by atoms with Crippen molar-refractivity contribution in [1.29, 1.82) is 0 Å². The zero-order valence-corrected chi connectivity index (χ0v) is 17.4. The van der Waals surface area contributed by atoms with Gasteiger partial charge in [-0.3, -0.25) is 4.79 Å². The second kappa shape index (κ2) is 8.07. The van der Waals surface area contributed by atoms with Gasteiger partial charge in [-0.15, -0.1) is 0 Å². The van der Waals surface area contributed by atoms with Gasteiger partial charge in [0, 0.05) is 18.5 Å². The van der Waals surface area contributed by atoms with Gasteiger partial charge in [0.15, 0.2) is 0 Å². The van der Waals surface area contributed by atoms with Crippen LogP contribution < -0.4 is 10.2 Å². The number of fused-ring (bicyclic) bond motifs is 1. The number of pyridine rings is 1. The van der Waals surface area contributed by atoms with Gasteiger partial charge in [0.05, 0.1) is 28.2 Å². The highest BCUT2D eigenvalue weighted by atomic mass is 35.5. The molecule has 1 aromatic heterocycles. The zero-order valence-electron chi connectivity index (χ0n) is 16.6. The van der Waals surface area contributed by atoms with Gasteiger partial charge < -0.3 is 15.3 Å². The Morgan fingerprint density at radius 3 is 2.93 bits per heavy atom. The Hall–Kier alpha value is -1.92. The molecule has 1 saturated carbocycles. The lowest BCUT2D eigenvalue weighted by Crippen LogP contribution is -2.45. The van der Waals surface area contributed by atoms with E-state index < -0.39 is 11.8 Å². The molecule has 1 aliphatic carbocycles. The van der Waals surface area contributed by atoms with Gasteiger partial charge in [-0.25, -0.2) is 9.37 Å². The summed E-state index contributed by atoms with van der Waals surface area (Å²) < 4.78 is 13.5. The van der Waals surface area contributed by atoms with Crippen LogP contribution in [-0.4, -0.2) is 47.4 Å². The van der Waals surface area contributed by atoms with E-state index in [2.05, 4.69) is 17.2 Å². The van der Waals surface area contributed by atoms with Crippen molar-refractivity contribution in [3.8, 4) is 0 Å². The Balaban J connectivity index is 1.56. The molecule has 1 aliphatic heterocycles. The second-order valence-electron chi connectivity index (χ2n) is 8.60. The van der Waals surface area contributed by atoms with Gasteiger partial charge >= 0.3 is 0 Å². The Morgan fingerprint density at radius 1 is 1.38 bits per heavy atom. The Kier molecular flexibility index (Phi) is 5.67. The Bertz CT molecular complexity index is 924. The normalized spacial score (nSPS) is 27.4. The summed E-state index contributed by atoms with van der Waals surface area (Å²) in [6.45, 7) is 3.32. The molecule has 2 fully saturated rings. The molecule has 5 nitrogen and oxygen atoms in total. The third kappa shape index (κ3) is 4.33. The average molecular weight is 420 g/mol. The van der Waals surface area contributed by atoms with Crippen molar-refractivity contribution in [3.05, 3.63) is 34.9 Å². The lowest BCUT2D eigenvalue weighted by atomic mass is 9.79. The van der Waals surface area contributed by atoms with Crippen LogP contribution in [0.25, 0.3) is 10.9 Å². The van der Waals surface area contributed by atoms with Gasteiger partial charge in [0.2, 0.25) is 0 Å². The molecule has 1 saturated heterocycles. The van der Waals surface area contributed by atoms with Crippen molar-refractivity contribution >= 4 is 34.2 Å². The summed E-state index contributed by atoms with van der Waals surface area (Å²) in [6.07, 6.45) is 3.14. The fraction of sp³-hybridized carbons (Fsp3) is 0.545. The molecule has 1 amide bonds. The molecule has 4 rings (SSSR count). The highest BCUT2D eigenvalue weighted by Crippen LogP contribution is 2.32. The first-order valence-electron chi connectivity index (χ1n) is 10.3. The van der Waals surface area contributed by atoms with E-state index >= 15 is 0 Å². The minimum atomic E-state index is -0.867. The number of halogens is 2. The number of carbonyl (C=O) groups is 1. The molecular formula is C22H27ClFN3O2. The number of carbonyl (C=O) groups excluding carboxylic acids is 1. The van der Waals surface area contributed by atoms with E-state index in [1.807, 2.05) is 17.0 Å². The summed E-state index contributed by atoms with van der Waals surface area (Å²) >= 11 is 6.35.